The number of likely N-dealkylation sites (tertiary alicyclic amines) is 2. The van der Waals surface area contributed by atoms with Crippen molar-refractivity contribution in [1.29, 1.82) is 0 Å². The Morgan fingerprint density at radius 1 is 0.964 bits per heavy atom. The fourth-order valence-electron chi connectivity index (χ4n) is 5.02. The molecule has 0 spiro atoms. The minimum absolute atomic E-state index is 0.357. The fraction of sp³-hybridized carbons (Fsp3) is 0.696. The molecule has 2 fully saturated rings. The zero-order valence-electron chi connectivity index (χ0n) is 17.2. The first-order valence-corrected chi connectivity index (χ1v) is 11.1. The summed E-state index contributed by atoms with van der Waals surface area (Å²) in [6.07, 6.45) is 6.64. The summed E-state index contributed by atoms with van der Waals surface area (Å²) in [4.78, 5) is 16.8. The van der Waals surface area contributed by atoms with E-state index >= 15 is 0 Å². The van der Waals surface area contributed by atoms with Gasteiger partial charge in [-0.25, -0.2) is 0 Å². The first kappa shape index (κ1) is 19.6. The molecule has 154 valence electrons. The van der Waals surface area contributed by atoms with Gasteiger partial charge < -0.3 is 14.4 Å². The fourth-order valence-corrected chi connectivity index (χ4v) is 5.02. The van der Waals surface area contributed by atoms with E-state index in [0.717, 1.165) is 49.4 Å². The van der Waals surface area contributed by atoms with Gasteiger partial charge in [0, 0.05) is 26.1 Å². The molecule has 1 aromatic carbocycles. The molecule has 0 saturated carbocycles. The second kappa shape index (κ2) is 9.17. The van der Waals surface area contributed by atoms with Crippen molar-refractivity contribution in [2.24, 2.45) is 11.8 Å². The number of fused-ring (bicyclic) bond motifs is 1. The highest BCUT2D eigenvalue weighted by molar-refractivity contribution is 5.76. The third-order valence-electron chi connectivity index (χ3n) is 6.67. The number of carbonyl (C=O) groups excluding carboxylic acids is 1. The van der Waals surface area contributed by atoms with Crippen molar-refractivity contribution in [3.8, 4) is 11.5 Å². The lowest BCUT2D eigenvalue weighted by atomic mass is 9.78. The molecule has 3 aliphatic heterocycles. The number of rotatable bonds is 5. The number of benzene rings is 1. The standard InChI is InChI=1S/C23H34N2O3/c1-2-3-23(26)25-12-8-20(9-13-25)19-6-10-24(11-7-19)17-18-4-5-21-22(16-18)28-15-14-27-21/h4-5,16,19-20H,2-3,6-15,17H2,1H3. The minimum Gasteiger partial charge on any atom is -0.486 e. The largest absolute Gasteiger partial charge is 0.486 e. The maximum atomic E-state index is 12.1. The Balaban J connectivity index is 1.22. The lowest BCUT2D eigenvalue weighted by molar-refractivity contribution is -0.133. The number of nitrogens with zero attached hydrogens (tertiary/aromatic N) is 2. The van der Waals surface area contributed by atoms with Crippen molar-refractivity contribution in [2.75, 3.05) is 39.4 Å². The molecule has 0 atom stereocenters. The van der Waals surface area contributed by atoms with E-state index in [-0.39, 0.29) is 0 Å². The van der Waals surface area contributed by atoms with Crippen LogP contribution in [-0.2, 0) is 11.3 Å². The van der Waals surface area contributed by atoms with Gasteiger partial charge in [0.1, 0.15) is 13.2 Å². The monoisotopic (exact) mass is 386 g/mol. The number of ether oxygens (including phenoxy) is 2. The molecule has 1 amide bonds. The van der Waals surface area contributed by atoms with Crippen LogP contribution in [0.3, 0.4) is 0 Å². The molecule has 28 heavy (non-hydrogen) atoms. The van der Waals surface area contributed by atoms with E-state index in [9.17, 15) is 4.79 Å². The summed E-state index contributed by atoms with van der Waals surface area (Å²) < 4.78 is 11.3. The third kappa shape index (κ3) is 4.62. The van der Waals surface area contributed by atoms with Gasteiger partial charge in [-0.3, -0.25) is 9.69 Å². The van der Waals surface area contributed by atoms with Gasteiger partial charge >= 0.3 is 0 Å². The van der Waals surface area contributed by atoms with E-state index in [2.05, 4.69) is 28.9 Å². The summed E-state index contributed by atoms with van der Waals surface area (Å²) in [6.45, 7) is 8.66. The van der Waals surface area contributed by atoms with E-state index in [0.29, 0.717) is 25.5 Å². The van der Waals surface area contributed by atoms with E-state index in [1.807, 2.05) is 6.07 Å². The summed E-state index contributed by atoms with van der Waals surface area (Å²) in [6, 6.07) is 6.36. The molecule has 0 N–H and O–H groups in total. The molecule has 0 aromatic heterocycles. The average Bonchev–Trinajstić information content (AvgIpc) is 2.74. The molecule has 0 aliphatic carbocycles. The van der Waals surface area contributed by atoms with Crippen LogP contribution >= 0.6 is 0 Å². The van der Waals surface area contributed by atoms with Gasteiger partial charge in [0.25, 0.3) is 0 Å². The predicted molar refractivity (Wildman–Crippen MR) is 110 cm³/mol. The second-order valence-electron chi connectivity index (χ2n) is 8.56. The van der Waals surface area contributed by atoms with Crippen molar-refractivity contribution in [2.45, 2.75) is 52.0 Å². The first-order chi connectivity index (χ1) is 13.7. The van der Waals surface area contributed by atoms with Crippen LogP contribution in [0.25, 0.3) is 0 Å². The smallest absolute Gasteiger partial charge is 0.222 e. The normalized spacial score (nSPS) is 21.7. The number of carbonyl (C=O) groups is 1. The van der Waals surface area contributed by atoms with Crippen LogP contribution in [0.1, 0.15) is 51.0 Å². The van der Waals surface area contributed by atoms with Crippen LogP contribution in [0.5, 0.6) is 11.5 Å². The molecular weight excluding hydrogens is 352 g/mol. The van der Waals surface area contributed by atoms with Crippen LogP contribution in [-0.4, -0.2) is 55.1 Å². The highest BCUT2D eigenvalue weighted by Crippen LogP contribution is 2.34. The molecule has 5 heteroatoms. The van der Waals surface area contributed by atoms with Gasteiger partial charge in [0.05, 0.1) is 0 Å². The van der Waals surface area contributed by atoms with Gasteiger partial charge in [-0.1, -0.05) is 13.0 Å². The van der Waals surface area contributed by atoms with Crippen LogP contribution in [0.4, 0.5) is 0 Å². The van der Waals surface area contributed by atoms with Crippen LogP contribution < -0.4 is 9.47 Å². The quantitative estimate of drug-likeness (QED) is 0.774. The molecule has 2 saturated heterocycles. The number of hydrogen-bond acceptors (Lipinski definition) is 4. The van der Waals surface area contributed by atoms with Gasteiger partial charge in [-0.15, -0.1) is 0 Å². The molecule has 4 rings (SSSR count). The summed E-state index contributed by atoms with van der Waals surface area (Å²) in [5, 5.41) is 0. The zero-order valence-corrected chi connectivity index (χ0v) is 17.2. The zero-order chi connectivity index (χ0) is 19.3. The maximum absolute atomic E-state index is 12.1. The van der Waals surface area contributed by atoms with Crippen LogP contribution in [0.2, 0.25) is 0 Å². The molecule has 0 bridgehead atoms. The number of hydrogen-bond donors (Lipinski definition) is 0. The predicted octanol–water partition coefficient (Wildman–Crippen LogP) is 3.71. The van der Waals surface area contributed by atoms with Crippen molar-refractivity contribution in [3.63, 3.8) is 0 Å². The Kier molecular flexibility index (Phi) is 6.40. The summed E-state index contributed by atoms with van der Waals surface area (Å²) in [5.41, 5.74) is 1.31. The number of amides is 1. The van der Waals surface area contributed by atoms with E-state index in [1.165, 1.54) is 44.3 Å². The van der Waals surface area contributed by atoms with Crippen molar-refractivity contribution >= 4 is 5.91 Å². The minimum atomic E-state index is 0.357. The van der Waals surface area contributed by atoms with Crippen molar-refractivity contribution < 1.29 is 14.3 Å². The first-order valence-electron chi connectivity index (χ1n) is 11.1. The lowest BCUT2D eigenvalue weighted by Gasteiger charge is -2.40. The van der Waals surface area contributed by atoms with Crippen LogP contribution in [0, 0.1) is 11.8 Å². The second-order valence-corrected chi connectivity index (χ2v) is 8.56. The SMILES string of the molecule is CCCC(=O)N1CCC(C2CCN(Cc3ccc4c(c3)OCCO4)CC2)CC1. The van der Waals surface area contributed by atoms with Gasteiger partial charge in [0.15, 0.2) is 11.5 Å². The van der Waals surface area contributed by atoms with Crippen molar-refractivity contribution in [1.82, 2.24) is 9.80 Å². The van der Waals surface area contributed by atoms with Gasteiger partial charge in [-0.2, -0.15) is 0 Å². The molecule has 5 nitrogen and oxygen atoms in total. The molecule has 1 aromatic rings. The Morgan fingerprint density at radius 2 is 1.61 bits per heavy atom. The highest BCUT2D eigenvalue weighted by atomic mass is 16.6. The third-order valence-corrected chi connectivity index (χ3v) is 6.67. The van der Waals surface area contributed by atoms with Crippen molar-refractivity contribution in [3.05, 3.63) is 23.8 Å². The van der Waals surface area contributed by atoms with Crippen LogP contribution in [0.15, 0.2) is 18.2 Å². The molecular formula is C23H34N2O3. The summed E-state index contributed by atoms with van der Waals surface area (Å²) in [7, 11) is 0. The van der Waals surface area contributed by atoms with Gasteiger partial charge in [-0.05, 0) is 74.7 Å². The highest BCUT2D eigenvalue weighted by Gasteiger charge is 2.30. The maximum Gasteiger partial charge on any atom is 0.222 e. The molecule has 0 radical (unpaired) electrons. The van der Waals surface area contributed by atoms with Gasteiger partial charge in [0.2, 0.25) is 5.91 Å². The number of piperidine rings is 2. The Labute approximate surface area is 169 Å². The van der Waals surface area contributed by atoms with E-state index in [4.69, 9.17) is 9.47 Å². The Hall–Kier alpha value is -1.75. The summed E-state index contributed by atoms with van der Waals surface area (Å²) >= 11 is 0. The average molecular weight is 387 g/mol. The topological polar surface area (TPSA) is 42.0 Å². The molecule has 3 aliphatic rings. The Morgan fingerprint density at radius 3 is 2.29 bits per heavy atom. The van der Waals surface area contributed by atoms with E-state index < -0.39 is 0 Å². The summed E-state index contributed by atoms with van der Waals surface area (Å²) in [5.74, 6) is 3.76. The van der Waals surface area contributed by atoms with E-state index in [1.54, 1.807) is 0 Å². The lowest BCUT2D eigenvalue weighted by Crippen LogP contribution is -2.42. The molecule has 3 heterocycles. The Bertz CT molecular complexity index is 662. The molecule has 0 unspecified atom stereocenters.